The van der Waals surface area contributed by atoms with Crippen molar-refractivity contribution in [2.24, 2.45) is 11.7 Å². The molecule has 0 aromatic rings. The number of alkyl halides is 2. The average Bonchev–Trinajstić information content (AvgIpc) is 2.17. The molecule has 0 aromatic heterocycles. The molecule has 1 aliphatic heterocycles. The summed E-state index contributed by atoms with van der Waals surface area (Å²) >= 11 is 0. The monoisotopic (exact) mass is 220 g/mol. The van der Waals surface area contributed by atoms with E-state index in [4.69, 9.17) is 5.73 Å². The van der Waals surface area contributed by atoms with Crippen LogP contribution >= 0.6 is 0 Å². The molecule has 1 aliphatic rings. The van der Waals surface area contributed by atoms with Crippen LogP contribution in [-0.2, 0) is 4.79 Å². The highest BCUT2D eigenvalue weighted by Crippen LogP contribution is 2.28. The van der Waals surface area contributed by atoms with Gasteiger partial charge in [-0.25, -0.2) is 8.78 Å². The van der Waals surface area contributed by atoms with Crippen molar-refractivity contribution in [2.75, 3.05) is 19.6 Å². The molecular formula is C10H18F2N2O. The molecule has 15 heavy (non-hydrogen) atoms. The van der Waals surface area contributed by atoms with Crippen molar-refractivity contribution < 1.29 is 13.6 Å². The average molecular weight is 220 g/mol. The second-order valence-corrected chi connectivity index (χ2v) is 4.16. The quantitative estimate of drug-likeness (QED) is 0.777. The van der Waals surface area contributed by atoms with Gasteiger partial charge in [0.15, 0.2) is 0 Å². The maximum absolute atomic E-state index is 12.8. The van der Waals surface area contributed by atoms with Gasteiger partial charge in [-0.2, -0.15) is 0 Å². The largest absolute Gasteiger partial charge is 0.342 e. The first-order valence-corrected chi connectivity index (χ1v) is 5.33. The van der Waals surface area contributed by atoms with Crippen LogP contribution in [0.1, 0.15) is 26.2 Å². The lowest BCUT2D eigenvalue weighted by atomic mass is 10.0. The van der Waals surface area contributed by atoms with Crippen molar-refractivity contribution in [2.45, 2.75) is 32.1 Å². The minimum absolute atomic E-state index is 0.0454. The Kier molecular flexibility index (Phi) is 4.02. The minimum Gasteiger partial charge on any atom is -0.342 e. The highest BCUT2D eigenvalue weighted by molar-refractivity contribution is 5.78. The van der Waals surface area contributed by atoms with Gasteiger partial charge in [0.25, 0.3) is 5.92 Å². The van der Waals surface area contributed by atoms with E-state index < -0.39 is 5.92 Å². The number of amides is 1. The van der Waals surface area contributed by atoms with Gasteiger partial charge < -0.3 is 10.6 Å². The molecule has 5 heteroatoms. The summed E-state index contributed by atoms with van der Waals surface area (Å²) in [6.45, 7) is 2.58. The smallest absolute Gasteiger partial charge is 0.251 e. The first kappa shape index (κ1) is 12.4. The van der Waals surface area contributed by atoms with E-state index in [1.165, 1.54) is 4.90 Å². The van der Waals surface area contributed by atoms with Crippen molar-refractivity contribution in [3.63, 3.8) is 0 Å². The Labute approximate surface area is 88.6 Å². The molecule has 0 radical (unpaired) electrons. The summed E-state index contributed by atoms with van der Waals surface area (Å²) in [5.41, 5.74) is 5.35. The van der Waals surface area contributed by atoms with Crippen LogP contribution in [0.15, 0.2) is 0 Å². The lowest BCUT2D eigenvalue weighted by Gasteiger charge is -2.33. The fraction of sp³-hybridized carbons (Fsp3) is 0.900. The molecule has 0 saturated carbocycles. The molecule has 0 aliphatic carbocycles. The number of carbonyl (C=O) groups excluding carboxylic acids is 1. The van der Waals surface area contributed by atoms with Gasteiger partial charge in [0.05, 0.1) is 0 Å². The van der Waals surface area contributed by atoms with Crippen molar-refractivity contribution in [3.8, 4) is 0 Å². The Morgan fingerprint density at radius 3 is 2.47 bits per heavy atom. The summed E-state index contributed by atoms with van der Waals surface area (Å²) in [5, 5.41) is 0. The van der Waals surface area contributed by atoms with E-state index in [0.717, 1.165) is 0 Å². The van der Waals surface area contributed by atoms with Crippen molar-refractivity contribution >= 4 is 5.91 Å². The van der Waals surface area contributed by atoms with Crippen LogP contribution in [0.5, 0.6) is 0 Å². The van der Waals surface area contributed by atoms with Gasteiger partial charge in [0.1, 0.15) is 0 Å². The van der Waals surface area contributed by atoms with Gasteiger partial charge in [0, 0.05) is 31.8 Å². The number of nitrogens with zero attached hydrogens (tertiary/aromatic N) is 1. The molecule has 1 saturated heterocycles. The van der Waals surface area contributed by atoms with E-state index in [0.29, 0.717) is 13.0 Å². The molecule has 1 heterocycles. The first-order chi connectivity index (χ1) is 6.96. The number of nitrogens with two attached hydrogens (primary N) is 1. The van der Waals surface area contributed by atoms with Crippen molar-refractivity contribution in [1.29, 1.82) is 0 Å². The molecule has 1 rings (SSSR count). The predicted molar refractivity (Wildman–Crippen MR) is 53.6 cm³/mol. The molecule has 88 valence electrons. The second kappa shape index (κ2) is 4.88. The Hall–Kier alpha value is -0.710. The second-order valence-electron chi connectivity index (χ2n) is 4.16. The third-order valence-corrected chi connectivity index (χ3v) is 2.83. The van der Waals surface area contributed by atoms with E-state index in [-0.39, 0.29) is 37.8 Å². The summed E-state index contributed by atoms with van der Waals surface area (Å²) in [7, 11) is 0. The number of halogens is 2. The zero-order chi connectivity index (χ0) is 11.5. The molecule has 1 amide bonds. The topological polar surface area (TPSA) is 46.3 Å². The number of hydrogen-bond acceptors (Lipinski definition) is 2. The molecular weight excluding hydrogens is 202 g/mol. The summed E-state index contributed by atoms with van der Waals surface area (Å²) < 4.78 is 25.7. The van der Waals surface area contributed by atoms with Crippen molar-refractivity contribution in [3.05, 3.63) is 0 Å². The lowest BCUT2D eigenvalue weighted by Crippen LogP contribution is -2.45. The zero-order valence-corrected chi connectivity index (χ0v) is 9.01. The normalized spacial score (nSPS) is 22.5. The Bertz CT molecular complexity index is 223. The number of piperidine rings is 1. The maximum atomic E-state index is 12.8. The number of rotatable bonds is 3. The maximum Gasteiger partial charge on any atom is 0.251 e. The summed E-state index contributed by atoms with van der Waals surface area (Å²) in [6.07, 6.45) is 0.188. The molecule has 0 spiro atoms. The molecule has 0 aromatic carbocycles. The predicted octanol–water partition coefficient (Wildman–Crippen LogP) is 1.23. The standard InChI is InChI=1S/C10H18F2N2O/c1-8(2-5-13)9(15)14-6-3-10(11,12)4-7-14/h8H,2-7,13H2,1H3. The van der Waals surface area contributed by atoms with Crippen LogP contribution < -0.4 is 5.73 Å². The third-order valence-electron chi connectivity index (χ3n) is 2.83. The highest BCUT2D eigenvalue weighted by Gasteiger charge is 2.36. The van der Waals surface area contributed by atoms with Gasteiger partial charge in [-0.1, -0.05) is 6.92 Å². The van der Waals surface area contributed by atoms with Crippen LogP contribution in [0.3, 0.4) is 0 Å². The summed E-state index contributed by atoms with van der Waals surface area (Å²) in [4.78, 5) is 13.3. The van der Waals surface area contributed by atoms with E-state index >= 15 is 0 Å². The Balaban J connectivity index is 2.42. The number of carbonyl (C=O) groups is 1. The fourth-order valence-corrected chi connectivity index (χ4v) is 1.74. The van der Waals surface area contributed by atoms with Crippen LogP contribution in [-0.4, -0.2) is 36.4 Å². The van der Waals surface area contributed by atoms with Gasteiger partial charge in [0.2, 0.25) is 5.91 Å². The number of likely N-dealkylation sites (tertiary alicyclic amines) is 1. The fourth-order valence-electron chi connectivity index (χ4n) is 1.74. The molecule has 2 N–H and O–H groups in total. The summed E-state index contributed by atoms with van der Waals surface area (Å²) in [5.74, 6) is -2.79. The van der Waals surface area contributed by atoms with E-state index in [2.05, 4.69) is 0 Å². The van der Waals surface area contributed by atoms with Crippen LogP contribution in [0, 0.1) is 5.92 Å². The SMILES string of the molecule is CC(CCN)C(=O)N1CCC(F)(F)CC1. The third kappa shape index (κ3) is 3.41. The number of hydrogen-bond donors (Lipinski definition) is 1. The highest BCUT2D eigenvalue weighted by atomic mass is 19.3. The van der Waals surface area contributed by atoms with Crippen LogP contribution in [0.25, 0.3) is 0 Å². The molecule has 1 fully saturated rings. The van der Waals surface area contributed by atoms with Gasteiger partial charge in [-0.15, -0.1) is 0 Å². The van der Waals surface area contributed by atoms with Gasteiger partial charge in [-0.3, -0.25) is 4.79 Å². The van der Waals surface area contributed by atoms with Crippen LogP contribution in [0.2, 0.25) is 0 Å². The first-order valence-electron chi connectivity index (χ1n) is 5.33. The van der Waals surface area contributed by atoms with Crippen molar-refractivity contribution in [1.82, 2.24) is 4.90 Å². The Morgan fingerprint density at radius 2 is 2.00 bits per heavy atom. The van der Waals surface area contributed by atoms with Gasteiger partial charge >= 0.3 is 0 Å². The zero-order valence-electron chi connectivity index (χ0n) is 9.01. The van der Waals surface area contributed by atoms with E-state index in [1.807, 2.05) is 0 Å². The van der Waals surface area contributed by atoms with Gasteiger partial charge in [-0.05, 0) is 13.0 Å². The molecule has 1 atom stereocenters. The molecule has 0 bridgehead atoms. The Morgan fingerprint density at radius 1 is 1.47 bits per heavy atom. The lowest BCUT2D eigenvalue weighted by molar-refractivity contribution is -0.141. The van der Waals surface area contributed by atoms with E-state index in [1.54, 1.807) is 6.92 Å². The van der Waals surface area contributed by atoms with Crippen LogP contribution in [0.4, 0.5) is 8.78 Å². The van der Waals surface area contributed by atoms with E-state index in [9.17, 15) is 13.6 Å². The molecule has 3 nitrogen and oxygen atoms in total. The summed E-state index contributed by atoms with van der Waals surface area (Å²) in [6, 6.07) is 0. The molecule has 1 unspecified atom stereocenters. The minimum atomic E-state index is -2.59.